The first-order valence-electron chi connectivity index (χ1n) is 6.94. The van der Waals surface area contributed by atoms with Gasteiger partial charge in [-0.1, -0.05) is 12.1 Å². The molecule has 20 heavy (non-hydrogen) atoms. The molecule has 1 amide bonds. The Morgan fingerprint density at radius 1 is 1.30 bits per heavy atom. The summed E-state index contributed by atoms with van der Waals surface area (Å²) in [6.07, 6.45) is 1.09. The fourth-order valence-corrected chi connectivity index (χ4v) is 2.20. The Hall–Kier alpha value is -1.88. The van der Waals surface area contributed by atoms with Gasteiger partial charge in [0.15, 0.2) is 0 Å². The summed E-state index contributed by atoms with van der Waals surface area (Å²) in [6.45, 7) is 4.11. The number of carbonyl (C=O) groups is 2. The smallest absolute Gasteiger partial charge is 0.238 e. The molecule has 1 aromatic carbocycles. The number of anilines is 1. The van der Waals surface area contributed by atoms with Crippen molar-refractivity contribution in [2.45, 2.75) is 19.8 Å². The number of nitrogens with one attached hydrogen (secondary N) is 1. The fraction of sp³-hybridized carbons (Fsp3) is 0.467. The highest BCUT2D eigenvalue weighted by atomic mass is 16.5. The van der Waals surface area contributed by atoms with Crippen molar-refractivity contribution in [2.75, 3.05) is 31.6 Å². The van der Waals surface area contributed by atoms with Crippen LogP contribution in [0.15, 0.2) is 24.3 Å². The minimum Gasteiger partial charge on any atom is -0.492 e. The van der Waals surface area contributed by atoms with E-state index in [0.717, 1.165) is 0 Å². The molecule has 1 heterocycles. The Balaban J connectivity index is 1.89. The molecule has 0 saturated carbocycles. The molecule has 0 atom stereocenters. The highest BCUT2D eigenvalue weighted by Crippen LogP contribution is 2.23. The molecular weight excluding hydrogens is 256 g/mol. The van der Waals surface area contributed by atoms with Gasteiger partial charge in [0.2, 0.25) is 5.91 Å². The zero-order valence-electron chi connectivity index (χ0n) is 11.7. The molecule has 1 saturated heterocycles. The predicted octanol–water partition coefficient (Wildman–Crippen LogP) is 1.69. The van der Waals surface area contributed by atoms with Crippen LogP contribution in [-0.2, 0) is 9.59 Å². The summed E-state index contributed by atoms with van der Waals surface area (Å²) in [5.41, 5.74) is 0.687. The van der Waals surface area contributed by atoms with Gasteiger partial charge in [-0.15, -0.1) is 0 Å². The zero-order valence-corrected chi connectivity index (χ0v) is 11.7. The third kappa shape index (κ3) is 4.06. The van der Waals surface area contributed by atoms with Crippen molar-refractivity contribution in [3.8, 4) is 5.75 Å². The van der Waals surface area contributed by atoms with Gasteiger partial charge in [-0.05, 0) is 19.1 Å². The van der Waals surface area contributed by atoms with Gasteiger partial charge in [0.1, 0.15) is 11.5 Å². The molecule has 0 unspecified atom stereocenters. The van der Waals surface area contributed by atoms with E-state index < -0.39 is 0 Å². The van der Waals surface area contributed by atoms with Gasteiger partial charge in [0.05, 0.1) is 18.8 Å². The van der Waals surface area contributed by atoms with E-state index in [1.807, 2.05) is 36.1 Å². The van der Waals surface area contributed by atoms with Gasteiger partial charge in [-0.3, -0.25) is 14.5 Å². The number of rotatable bonds is 5. The summed E-state index contributed by atoms with van der Waals surface area (Å²) < 4.78 is 5.47. The molecule has 108 valence electrons. The quantitative estimate of drug-likeness (QED) is 0.889. The first-order valence-corrected chi connectivity index (χ1v) is 6.94. The Bertz CT molecular complexity index is 478. The third-order valence-corrected chi connectivity index (χ3v) is 3.24. The molecular formula is C15H20N2O3. The molecule has 1 N–H and O–H groups in total. The number of ketones is 1. The number of amides is 1. The van der Waals surface area contributed by atoms with Crippen molar-refractivity contribution < 1.29 is 14.3 Å². The Morgan fingerprint density at radius 3 is 2.70 bits per heavy atom. The van der Waals surface area contributed by atoms with Crippen LogP contribution in [0.5, 0.6) is 5.75 Å². The summed E-state index contributed by atoms with van der Waals surface area (Å²) >= 11 is 0. The van der Waals surface area contributed by atoms with Crippen LogP contribution in [0, 0.1) is 0 Å². The maximum absolute atomic E-state index is 12.0. The van der Waals surface area contributed by atoms with E-state index in [1.54, 1.807) is 0 Å². The molecule has 1 aliphatic heterocycles. The third-order valence-electron chi connectivity index (χ3n) is 3.24. The highest BCUT2D eigenvalue weighted by molar-refractivity contribution is 5.93. The number of ether oxygens (including phenoxy) is 1. The summed E-state index contributed by atoms with van der Waals surface area (Å²) in [5.74, 6) is 0.882. The Morgan fingerprint density at radius 2 is 2.00 bits per heavy atom. The molecule has 1 aromatic rings. The van der Waals surface area contributed by atoms with Gasteiger partial charge in [0, 0.05) is 25.9 Å². The van der Waals surface area contributed by atoms with Crippen LogP contribution in [0.2, 0.25) is 0 Å². The fourth-order valence-electron chi connectivity index (χ4n) is 2.20. The number of piperidine rings is 1. The normalized spacial score (nSPS) is 15.9. The van der Waals surface area contributed by atoms with E-state index in [9.17, 15) is 9.59 Å². The van der Waals surface area contributed by atoms with Crippen LogP contribution in [-0.4, -0.2) is 42.8 Å². The molecule has 5 heteroatoms. The van der Waals surface area contributed by atoms with Gasteiger partial charge in [-0.2, -0.15) is 0 Å². The van der Waals surface area contributed by atoms with Crippen molar-refractivity contribution in [3.63, 3.8) is 0 Å². The summed E-state index contributed by atoms with van der Waals surface area (Å²) in [7, 11) is 0. The van der Waals surface area contributed by atoms with Gasteiger partial charge in [-0.25, -0.2) is 0 Å². The molecule has 1 aliphatic rings. The lowest BCUT2D eigenvalue weighted by molar-refractivity contribution is -0.124. The van der Waals surface area contributed by atoms with Gasteiger partial charge in [0.25, 0.3) is 0 Å². The monoisotopic (exact) mass is 276 g/mol. The van der Waals surface area contributed by atoms with E-state index in [-0.39, 0.29) is 11.7 Å². The van der Waals surface area contributed by atoms with Crippen LogP contribution in [0.1, 0.15) is 19.8 Å². The average Bonchev–Trinajstić information content (AvgIpc) is 2.44. The molecule has 2 rings (SSSR count). The average molecular weight is 276 g/mol. The van der Waals surface area contributed by atoms with Gasteiger partial charge < -0.3 is 10.1 Å². The first-order chi connectivity index (χ1) is 9.69. The maximum atomic E-state index is 12.0. The maximum Gasteiger partial charge on any atom is 0.238 e. The second kappa shape index (κ2) is 7.05. The summed E-state index contributed by atoms with van der Waals surface area (Å²) in [5, 5.41) is 2.86. The minimum atomic E-state index is -0.0773. The van der Waals surface area contributed by atoms with Crippen molar-refractivity contribution in [2.24, 2.45) is 0 Å². The van der Waals surface area contributed by atoms with E-state index >= 15 is 0 Å². The largest absolute Gasteiger partial charge is 0.492 e. The Labute approximate surface area is 118 Å². The van der Waals surface area contributed by atoms with Crippen LogP contribution in [0.25, 0.3) is 0 Å². The number of nitrogens with zero attached hydrogens (tertiary/aromatic N) is 1. The number of carbonyl (C=O) groups excluding carboxylic acids is 2. The number of hydrogen-bond acceptors (Lipinski definition) is 4. The molecule has 0 aliphatic carbocycles. The Kier molecular flexibility index (Phi) is 5.12. The second-order valence-electron chi connectivity index (χ2n) is 4.79. The molecule has 0 spiro atoms. The lowest BCUT2D eigenvalue weighted by Gasteiger charge is -2.25. The lowest BCUT2D eigenvalue weighted by Crippen LogP contribution is -2.39. The van der Waals surface area contributed by atoms with Crippen molar-refractivity contribution in [1.82, 2.24) is 4.90 Å². The number of Topliss-reactive ketones (excluding diaryl/α,β-unsaturated/α-hetero) is 1. The van der Waals surface area contributed by atoms with Crippen LogP contribution >= 0.6 is 0 Å². The number of benzene rings is 1. The summed E-state index contributed by atoms with van der Waals surface area (Å²) in [6, 6.07) is 7.38. The van der Waals surface area contributed by atoms with Crippen LogP contribution in [0.3, 0.4) is 0 Å². The number of likely N-dealkylation sites (tertiary alicyclic amines) is 1. The van der Waals surface area contributed by atoms with Crippen LogP contribution in [0.4, 0.5) is 5.69 Å². The molecule has 0 aromatic heterocycles. The van der Waals surface area contributed by atoms with E-state index in [2.05, 4.69) is 5.32 Å². The van der Waals surface area contributed by atoms with E-state index in [4.69, 9.17) is 4.74 Å². The van der Waals surface area contributed by atoms with Crippen molar-refractivity contribution >= 4 is 17.4 Å². The molecule has 0 bridgehead atoms. The highest BCUT2D eigenvalue weighted by Gasteiger charge is 2.18. The number of hydrogen-bond donors (Lipinski definition) is 1. The topological polar surface area (TPSA) is 58.6 Å². The van der Waals surface area contributed by atoms with Crippen molar-refractivity contribution in [1.29, 1.82) is 0 Å². The van der Waals surface area contributed by atoms with Gasteiger partial charge >= 0.3 is 0 Å². The second-order valence-corrected chi connectivity index (χ2v) is 4.79. The summed E-state index contributed by atoms with van der Waals surface area (Å²) in [4.78, 5) is 25.2. The van der Waals surface area contributed by atoms with Crippen molar-refractivity contribution in [3.05, 3.63) is 24.3 Å². The lowest BCUT2D eigenvalue weighted by atomic mass is 10.1. The SMILES string of the molecule is CCOc1ccccc1NC(=O)CN1CCC(=O)CC1. The molecule has 5 nitrogen and oxygen atoms in total. The predicted molar refractivity (Wildman–Crippen MR) is 76.9 cm³/mol. The standard InChI is InChI=1S/C15H20N2O3/c1-2-20-14-6-4-3-5-13(14)16-15(19)11-17-9-7-12(18)8-10-17/h3-6H,2,7-11H2,1H3,(H,16,19). The van der Waals surface area contributed by atoms with E-state index in [0.29, 0.717) is 50.5 Å². The minimum absolute atomic E-state index is 0.0773. The van der Waals surface area contributed by atoms with E-state index in [1.165, 1.54) is 0 Å². The van der Waals surface area contributed by atoms with Crippen LogP contribution < -0.4 is 10.1 Å². The first kappa shape index (κ1) is 14.5. The number of para-hydroxylation sites is 2. The zero-order chi connectivity index (χ0) is 14.4. The molecule has 1 fully saturated rings. The molecule has 0 radical (unpaired) electrons.